The van der Waals surface area contributed by atoms with Crippen LogP contribution in [0, 0.1) is 0 Å². The number of fused-ring (bicyclic) bond motifs is 1. The standard InChI is InChI=1S/C13H21N3O/c1-2-17-9-8-14-13-11-6-4-3-5-7-12(11)15-10-16-13/h10H,2-9H2,1H3,(H,14,15,16). The first kappa shape index (κ1) is 12.3. The molecule has 0 saturated carbocycles. The maximum Gasteiger partial charge on any atom is 0.132 e. The van der Waals surface area contributed by atoms with Gasteiger partial charge in [-0.3, -0.25) is 0 Å². The Balaban J connectivity index is 2.01. The smallest absolute Gasteiger partial charge is 0.132 e. The van der Waals surface area contributed by atoms with Gasteiger partial charge in [0.25, 0.3) is 0 Å². The summed E-state index contributed by atoms with van der Waals surface area (Å²) in [7, 11) is 0. The molecule has 0 aromatic carbocycles. The van der Waals surface area contributed by atoms with E-state index in [0.717, 1.165) is 38.4 Å². The van der Waals surface area contributed by atoms with Crippen molar-refractivity contribution in [2.75, 3.05) is 25.1 Å². The topological polar surface area (TPSA) is 47.0 Å². The molecule has 4 heteroatoms. The van der Waals surface area contributed by atoms with E-state index >= 15 is 0 Å². The van der Waals surface area contributed by atoms with E-state index in [1.165, 1.54) is 30.5 Å². The molecule has 1 aromatic heterocycles. The second kappa shape index (κ2) is 6.55. The molecule has 1 aliphatic rings. The predicted octanol–water partition coefficient (Wildman–Crippen LogP) is 2.19. The lowest BCUT2D eigenvalue weighted by atomic mass is 10.1. The summed E-state index contributed by atoms with van der Waals surface area (Å²) in [5.74, 6) is 1.01. The van der Waals surface area contributed by atoms with Crippen molar-refractivity contribution in [1.29, 1.82) is 0 Å². The quantitative estimate of drug-likeness (QED) is 0.628. The van der Waals surface area contributed by atoms with Gasteiger partial charge in [-0.05, 0) is 32.6 Å². The molecule has 0 amide bonds. The number of nitrogens with one attached hydrogen (secondary N) is 1. The fourth-order valence-electron chi connectivity index (χ4n) is 2.24. The van der Waals surface area contributed by atoms with Crippen LogP contribution >= 0.6 is 0 Å². The van der Waals surface area contributed by atoms with E-state index in [4.69, 9.17) is 4.74 Å². The molecular weight excluding hydrogens is 214 g/mol. The van der Waals surface area contributed by atoms with Crippen LogP contribution in [-0.2, 0) is 17.6 Å². The van der Waals surface area contributed by atoms with Gasteiger partial charge < -0.3 is 10.1 Å². The Labute approximate surface area is 103 Å². The number of aryl methyl sites for hydroxylation is 1. The van der Waals surface area contributed by atoms with E-state index in [-0.39, 0.29) is 0 Å². The number of nitrogens with zero attached hydrogens (tertiary/aromatic N) is 2. The summed E-state index contributed by atoms with van der Waals surface area (Å²) in [6.45, 7) is 4.33. The first-order chi connectivity index (χ1) is 8.42. The zero-order valence-corrected chi connectivity index (χ0v) is 10.5. The molecule has 1 heterocycles. The van der Waals surface area contributed by atoms with Gasteiger partial charge in [-0.2, -0.15) is 0 Å². The van der Waals surface area contributed by atoms with Gasteiger partial charge in [-0.15, -0.1) is 0 Å². The summed E-state index contributed by atoms with van der Waals surface area (Å²) in [4.78, 5) is 8.76. The van der Waals surface area contributed by atoms with Crippen molar-refractivity contribution in [2.45, 2.75) is 39.0 Å². The SMILES string of the molecule is CCOCCNc1ncnc2c1CCCCC2. The van der Waals surface area contributed by atoms with E-state index < -0.39 is 0 Å². The summed E-state index contributed by atoms with van der Waals surface area (Å²) in [6.07, 6.45) is 7.68. The van der Waals surface area contributed by atoms with Crippen LogP contribution in [0.25, 0.3) is 0 Å². The summed E-state index contributed by atoms with van der Waals surface area (Å²) in [5.41, 5.74) is 2.55. The molecule has 0 atom stereocenters. The maximum absolute atomic E-state index is 5.32. The van der Waals surface area contributed by atoms with Crippen molar-refractivity contribution in [3.05, 3.63) is 17.6 Å². The molecule has 1 aliphatic carbocycles. The van der Waals surface area contributed by atoms with Gasteiger partial charge in [0.15, 0.2) is 0 Å². The van der Waals surface area contributed by atoms with Crippen molar-refractivity contribution >= 4 is 5.82 Å². The van der Waals surface area contributed by atoms with Gasteiger partial charge in [0.05, 0.1) is 6.61 Å². The Bertz CT molecular complexity index is 355. The van der Waals surface area contributed by atoms with Gasteiger partial charge in [-0.1, -0.05) is 6.42 Å². The summed E-state index contributed by atoms with van der Waals surface area (Å²) < 4.78 is 5.32. The zero-order chi connectivity index (χ0) is 11.9. The molecule has 0 bridgehead atoms. The number of hydrogen-bond acceptors (Lipinski definition) is 4. The lowest BCUT2D eigenvalue weighted by molar-refractivity contribution is 0.158. The minimum absolute atomic E-state index is 0.731. The third-order valence-corrected chi connectivity index (χ3v) is 3.12. The van der Waals surface area contributed by atoms with Crippen molar-refractivity contribution in [2.24, 2.45) is 0 Å². The van der Waals surface area contributed by atoms with Crippen LogP contribution in [-0.4, -0.2) is 29.7 Å². The Morgan fingerprint density at radius 2 is 2.12 bits per heavy atom. The van der Waals surface area contributed by atoms with Gasteiger partial charge in [0, 0.05) is 24.4 Å². The average molecular weight is 235 g/mol. The van der Waals surface area contributed by atoms with Gasteiger partial charge in [0.1, 0.15) is 12.1 Å². The molecule has 0 aliphatic heterocycles. The van der Waals surface area contributed by atoms with Crippen LogP contribution in [0.3, 0.4) is 0 Å². The third-order valence-electron chi connectivity index (χ3n) is 3.12. The lowest BCUT2D eigenvalue weighted by Crippen LogP contribution is -2.13. The second-order valence-electron chi connectivity index (χ2n) is 4.33. The zero-order valence-electron chi connectivity index (χ0n) is 10.5. The van der Waals surface area contributed by atoms with Crippen molar-refractivity contribution in [3.63, 3.8) is 0 Å². The number of rotatable bonds is 5. The van der Waals surface area contributed by atoms with Gasteiger partial charge in [0.2, 0.25) is 0 Å². The summed E-state index contributed by atoms with van der Waals surface area (Å²) in [5, 5.41) is 3.36. The Hall–Kier alpha value is -1.16. The highest BCUT2D eigenvalue weighted by atomic mass is 16.5. The van der Waals surface area contributed by atoms with Gasteiger partial charge in [-0.25, -0.2) is 9.97 Å². The Morgan fingerprint density at radius 3 is 3.00 bits per heavy atom. The number of hydrogen-bond donors (Lipinski definition) is 1. The minimum atomic E-state index is 0.731. The molecule has 0 spiro atoms. The van der Waals surface area contributed by atoms with E-state index in [2.05, 4.69) is 15.3 Å². The first-order valence-corrected chi connectivity index (χ1v) is 6.56. The van der Waals surface area contributed by atoms with Gasteiger partial charge >= 0.3 is 0 Å². The molecule has 1 N–H and O–H groups in total. The average Bonchev–Trinajstić information content (AvgIpc) is 2.60. The molecule has 17 heavy (non-hydrogen) atoms. The lowest BCUT2D eigenvalue weighted by Gasteiger charge is -2.12. The fourth-order valence-corrected chi connectivity index (χ4v) is 2.24. The highest BCUT2D eigenvalue weighted by Gasteiger charge is 2.13. The third kappa shape index (κ3) is 3.40. The van der Waals surface area contributed by atoms with Crippen LogP contribution in [0.15, 0.2) is 6.33 Å². The highest BCUT2D eigenvalue weighted by Crippen LogP contribution is 2.23. The number of ether oxygens (including phenoxy) is 1. The maximum atomic E-state index is 5.32. The van der Waals surface area contributed by atoms with Crippen LogP contribution < -0.4 is 5.32 Å². The molecule has 0 radical (unpaired) electrons. The molecule has 0 unspecified atom stereocenters. The molecule has 2 rings (SSSR count). The molecule has 94 valence electrons. The molecule has 1 aromatic rings. The second-order valence-corrected chi connectivity index (χ2v) is 4.33. The summed E-state index contributed by atoms with van der Waals surface area (Å²) in [6, 6.07) is 0. The first-order valence-electron chi connectivity index (χ1n) is 6.56. The molecule has 4 nitrogen and oxygen atoms in total. The van der Waals surface area contributed by atoms with Crippen molar-refractivity contribution in [1.82, 2.24) is 9.97 Å². The van der Waals surface area contributed by atoms with Crippen LogP contribution in [0.4, 0.5) is 5.82 Å². The van der Waals surface area contributed by atoms with Crippen LogP contribution in [0.2, 0.25) is 0 Å². The normalized spacial score (nSPS) is 15.1. The molecular formula is C13H21N3O. The largest absolute Gasteiger partial charge is 0.380 e. The van der Waals surface area contributed by atoms with E-state index in [0.29, 0.717) is 0 Å². The number of anilines is 1. The Morgan fingerprint density at radius 1 is 1.24 bits per heavy atom. The summed E-state index contributed by atoms with van der Waals surface area (Å²) >= 11 is 0. The Kier molecular flexibility index (Phi) is 4.74. The van der Waals surface area contributed by atoms with Crippen molar-refractivity contribution in [3.8, 4) is 0 Å². The fraction of sp³-hybridized carbons (Fsp3) is 0.692. The minimum Gasteiger partial charge on any atom is -0.380 e. The number of aromatic nitrogens is 2. The molecule has 0 saturated heterocycles. The van der Waals surface area contributed by atoms with E-state index in [1.54, 1.807) is 6.33 Å². The predicted molar refractivity (Wildman–Crippen MR) is 68.3 cm³/mol. The molecule has 0 fully saturated rings. The monoisotopic (exact) mass is 235 g/mol. The van der Waals surface area contributed by atoms with Crippen LogP contribution in [0.1, 0.15) is 37.4 Å². The highest BCUT2D eigenvalue weighted by molar-refractivity contribution is 5.46. The van der Waals surface area contributed by atoms with E-state index in [1.807, 2.05) is 6.92 Å². The van der Waals surface area contributed by atoms with Crippen LogP contribution in [0.5, 0.6) is 0 Å². The van der Waals surface area contributed by atoms with E-state index in [9.17, 15) is 0 Å². The van der Waals surface area contributed by atoms with Crippen molar-refractivity contribution < 1.29 is 4.74 Å².